The van der Waals surface area contributed by atoms with Crippen LogP contribution in [0.15, 0.2) is 17.9 Å². The van der Waals surface area contributed by atoms with Gasteiger partial charge in [0.25, 0.3) is 0 Å². The van der Waals surface area contributed by atoms with Gasteiger partial charge in [0, 0.05) is 11.6 Å². The lowest BCUT2D eigenvalue weighted by atomic mass is 10.0. The monoisotopic (exact) mass is 217 g/mol. The van der Waals surface area contributed by atoms with Crippen LogP contribution in [0.3, 0.4) is 0 Å². The predicted octanol–water partition coefficient (Wildman–Crippen LogP) is 2.19. The van der Waals surface area contributed by atoms with Crippen molar-refractivity contribution in [3.8, 4) is 17.6 Å². The standard InChI is InChI=1S/C12H11NO3/c1-15-10-5-8-4-9(2-3-13)16-7-11(8)12(14)6-10/h4-6,14H,2,7H2,1H3. The van der Waals surface area contributed by atoms with Crippen LogP contribution in [-0.4, -0.2) is 12.2 Å². The summed E-state index contributed by atoms with van der Waals surface area (Å²) in [7, 11) is 1.54. The van der Waals surface area contributed by atoms with Crippen molar-refractivity contribution in [2.24, 2.45) is 0 Å². The van der Waals surface area contributed by atoms with E-state index in [9.17, 15) is 5.11 Å². The molecule has 2 rings (SSSR count). The minimum absolute atomic E-state index is 0.154. The first-order chi connectivity index (χ1) is 7.74. The number of hydrogen-bond acceptors (Lipinski definition) is 4. The molecule has 4 nitrogen and oxygen atoms in total. The highest BCUT2D eigenvalue weighted by Crippen LogP contribution is 2.33. The number of allylic oxidation sites excluding steroid dienone is 1. The molecule has 0 amide bonds. The second-order valence-electron chi connectivity index (χ2n) is 3.45. The molecule has 1 aliphatic heterocycles. The number of phenolic OH excluding ortho intramolecular Hbond substituents is 1. The van der Waals surface area contributed by atoms with E-state index in [4.69, 9.17) is 14.7 Å². The Morgan fingerprint density at radius 2 is 2.38 bits per heavy atom. The highest BCUT2D eigenvalue weighted by molar-refractivity contribution is 5.63. The Bertz CT molecular complexity index is 486. The zero-order valence-corrected chi connectivity index (χ0v) is 8.86. The first kappa shape index (κ1) is 10.4. The lowest BCUT2D eigenvalue weighted by Gasteiger charge is -2.18. The van der Waals surface area contributed by atoms with Gasteiger partial charge in [-0.15, -0.1) is 0 Å². The molecule has 1 aromatic carbocycles. The zero-order chi connectivity index (χ0) is 11.5. The molecule has 82 valence electrons. The van der Waals surface area contributed by atoms with E-state index < -0.39 is 0 Å². The Kier molecular flexibility index (Phi) is 2.69. The highest BCUT2D eigenvalue weighted by Gasteiger charge is 2.16. The molecular formula is C12H11NO3. The Morgan fingerprint density at radius 3 is 3.06 bits per heavy atom. The fourth-order valence-corrected chi connectivity index (χ4v) is 1.62. The van der Waals surface area contributed by atoms with Crippen LogP contribution in [0.25, 0.3) is 6.08 Å². The molecule has 1 aromatic rings. The number of benzene rings is 1. The molecule has 1 N–H and O–H groups in total. The molecule has 0 spiro atoms. The lowest BCUT2D eigenvalue weighted by Crippen LogP contribution is -2.03. The molecule has 1 heterocycles. The van der Waals surface area contributed by atoms with Gasteiger partial charge in [-0.1, -0.05) is 0 Å². The van der Waals surface area contributed by atoms with Crippen LogP contribution in [0.2, 0.25) is 0 Å². The molecule has 16 heavy (non-hydrogen) atoms. The first-order valence-electron chi connectivity index (χ1n) is 4.85. The summed E-state index contributed by atoms with van der Waals surface area (Å²) in [5.41, 5.74) is 1.57. The number of fused-ring (bicyclic) bond motifs is 1. The summed E-state index contributed by atoms with van der Waals surface area (Å²) < 4.78 is 10.4. The van der Waals surface area contributed by atoms with Gasteiger partial charge < -0.3 is 14.6 Å². The van der Waals surface area contributed by atoms with Crippen LogP contribution >= 0.6 is 0 Å². The molecule has 0 radical (unpaired) electrons. The van der Waals surface area contributed by atoms with E-state index in [0.717, 1.165) is 11.1 Å². The topological polar surface area (TPSA) is 62.5 Å². The maximum Gasteiger partial charge on any atom is 0.126 e. The minimum atomic E-state index is 0.154. The summed E-state index contributed by atoms with van der Waals surface area (Å²) in [4.78, 5) is 0. The predicted molar refractivity (Wildman–Crippen MR) is 57.7 cm³/mol. The molecule has 4 heteroatoms. The molecule has 0 aliphatic carbocycles. The van der Waals surface area contributed by atoms with Crippen LogP contribution < -0.4 is 4.74 Å². The summed E-state index contributed by atoms with van der Waals surface area (Å²) in [6.45, 7) is 0.290. The van der Waals surface area contributed by atoms with Crippen molar-refractivity contribution >= 4 is 6.08 Å². The van der Waals surface area contributed by atoms with Crippen molar-refractivity contribution < 1.29 is 14.6 Å². The van der Waals surface area contributed by atoms with Gasteiger partial charge in [-0.25, -0.2) is 0 Å². The normalized spacial score (nSPS) is 13.1. The molecule has 0 unspecified atom stereocenters. The Morgan fingerprint density at radius 1 is 1.56 bits per heavy atom. The van der Waals surface area contributed by atoms with E-state index in [0.29, 0.717) is 18.1 Å². The number of nitriles is 1. The molecule has 1 aliphatic rings. The molecule has 0 aromatic heterocycles. The van der Waals surface area contributed by atoms with Gasteiger partial charge in [-0.3, -0.25) is 0 Å². The van der Waals surface area contributed by atoms with Crippen molar-refractivity contribution in [3.05, 3.63) is 29.0 Å². The highest BCUT2D eigenvalue weighted by atomic mass is 16.5. The minimum Gasteiger partial charge on any atom is -0.507 e. The van der Waals surface area contributed by atoms with Crippen LogP contribution in [0.1, 0.15) is 17.5 Å². The molecule has 0 bridgehead atoms. The number of methoxy groups -OCH3 is 1. The number of nitrogens with zero attached hydrogens (tertiary/aromatic N) is 1. The van der Waals surface area contributed by atoms with E-state index in [1.807, 2.05) is 12.1 Å². The Labute approximate surface area is 93.3 Å². The maximum atomic E-state index is 9.73. The average Bonchev–Trinajstić information content (AvgIpc) is 2.29. The largest absolute Gasteiger partial charge is 0.507 e. The Hall–Kier alpha value is -2.15. The average molecular weight is 217 g/mol. The summed E-state index contributed by atoms with van der Waals surface area (Å²) >= 11 is 0. The zero-order valence-electron chi connectivity index (χ0n) is 8.86. The summed E-state index contributed by atoms with van der Waals surface area (Å²) in [6.07, 6.45) is 1.99. The first-order valence-corrected chi connectivity index (χ1v) is 4.85. The number of hydrogen-bond donors (Lipinski definition) is 1. The fraction of sp³-hybridized carbons (Fsp3) is 0.250. The van der Waals surface area contributed by atoms with Gasteiger partial charge in [-0.05, 0) is 17.7 Å². The van der Waals surface area contributed by atoms with Crippen molar-refractivity contribution in [3.63, 3.8) is 0 Å². The van der Waals surface area contributed by atoms with Crippen molar-refractivity contribution in [2.75, 3.05) is 7.11 Å². The van der Waals surface area contributed by atoms with Crippen LogP contribution in [-0.2, 0) is 11.3 Å². The molecular weight excluding hydrogens is 206 g/mol. The van der Waals surface area contributed by atoms with Gasteiger partial charge >= 0.3 is 0 Å². The lowest BCUT2D eigenvalue weighted by molar-refractivity contribution is 0.190. The second-order valence-corrected chi connectivity index (χ2v) is 3.45. The van der Waals surface area contributed by atoms with Gasteiger partial charge in [-0.2, -0.15) is 5.26 Å². The second kappa shape index (κ2) is 4.15. The van der Waals surface area contributed by atoms with Gasteiger partial charge in [0.15, 0.2) is 0 Å². The fourth-order valence-electron chi connectivity index (χ4n) is 1.62. The maximum absolute atomic E-state index is 9.73. The van der Waals surface area contributed by atoms with E-state index in [1.165, 1.54) is 0 Å². The summed E-state index contributed by atoms with van der Waals surface area (Å²) in [5.74, 6) is 1.36. The van der Waals surface area contributed by atoms with E-state index >= 15 is 0 Å². The third-order valence-corrected chi connectivity index (χ3v) is 2.44. The van der Waals surface area contributed by atoms with Crippen molar-refractivity contribution in [1.82, 2.24) is 0 Å². The summed E-state index contributed by atoms with van der Waals surface area (Å²) in [5, 5.41) is 18.3. The van der Waals surface area contributed by atoms with Crippen LogP contribution in [0.5, 0.6) is 11.5 Å². The van der Waals surface area contributed by atoms with Crippen LogP contribution in [0.4, 0.5) is 0 Å². The van der Waals surface area contributed by atoms with E-state index in [2.05, 4.69) is 0 Å². The third-order valence-electron chi connectivity index (χ3n) is 2.44. The summed E-state index contributed by atoms with van der Waals surface area (Å²) in [6, 6.07) is 5.39. The molecule has 0 saturated heterocycles. The number of aromatic hydroxyl groups is 1. The smallest absolute Gasteiger partial charge is 0.126 e. The number of rotatable bonds is 2. The van der Waals surface area contributed by atoms with E-state index in [1.54, 1.807) is 19.3 Å². The van der Waals surface area contributed by atoms with Crippen LogP contribution in [0, 0.1) is 11.3 Å². The number of ether oxygens (including phenoxy) is 2. The molecule has 0 fully saturated rings. The SMILES string of the molecule is COc1cc(O)c2c(c1)C=C(CC#N)OC2. The quantitative estimate of drug-likeness (QED) is 0.824. The third kappa shape index (κ3) is 1.80. The van der Waals surface area contributed by atoms with E-state index in [-0.39, 0.29) is 12.2 Å². The van der Waals surface area contributed by atoms with Gasteiger partial charge in [0.05, 0.1) is 19.6 Å². The van der Waals surface area contributed by atoms with Crippen molar-refractivity contribution in [1.29, 1.82) is 5.26 Å². The number of phenols is 1. The molecule has 0 atom stereocenters. The van der Waals surface area contributed by atoms with Gasteiger partial charge in [0.1, 0.15) is 23.9 Å². The van der Waals surface area contributed by atoms with Gasteiger partial charge in [0.2, 0.25) is 0 Å². The molecule has 0 saturated carbocycles. The Balaban J connectivity index is 2.45. The van der Waals surface area contributed by atoms with Crippen molar-refractivity contribution in [2.45, 2.75) is 13.0 Å².